The molecule has 0 unspecified atom stereocenters. The van der Waals surface area contributed by atoms with Gasteiger partial charge in [0.1, 0.15) is 10.6 Å². The molecular formula is C18H29N3O4S. The van der Waals surface area contributed by atoms with E-state index < -0.39 is 10.0 Å². The molecule has 0 aromatic heterocycles. The van der Waals surface area contributed by atoms with E-state index in [0.29, 0.717) is 19.1 Å². The minimum Gasteiger partial charge on any atom is -0.495 e. The van der Waals surface area contributed by atoms with Crippen LogP contribution in [0.15, 0.2) is 23.1 Å². The van der Waals surface area contributed by atoms with Crippen LogP contribution in [0.1, 0.15) is 48.9 Å². The van der Waals surface area contributed by atoms with Crippen molar-refractivity contribution < 1.29 is 17.9 Å². The van der Waals surface area contributed by atoms with E-state index in [2.05, 4.69) is 15.4 Å². The molecule has 1 aromatic rings. The lowest BCUT2D eigenvalue weighted by Gasteiger charge is -2.16. The van der Waals surface area contributed by atoms with Gasteiger partial charge in [-0.2, -0.15) is 0 Å². The molecule has 146 valence electrons. The van der Waals surface area contributed by atoms with Crippen molar-refractivity contribution in [1.29, 1.82) is 0 Å². The van der Waals surface area contributed by atoms with E-state index in [1.165, 1.54) is 64.8 Å². The Kier molecular flexibility index (Phi) is 7.86. The van der Waals surface area contributed by atoms with Crippen LogP contribution >= 0.6 is 0 Å². The number of benzene rings is 1. The Morgan fingerprint density at radius 3 is 2.46 bits per heavy atom. The highest BCUT2D eigenvalue weighted by Crippen LogP contribution is 2.24. The molecule has 1 saturated carbocycles. The Bertz CT molecular complexity index is 698. The third-order valence-electron chi connectivity index (χ3n) is 4.68. The second-order valence-electron chi connectivity index (χ2n) is 6.47. The van der Waals surface area contributed by atoms with Crippen LogP contribution in [0.2, 0.25) is 0 Å². The van der Waals surface area contributed by atoms with Crippen LogP contribution in [0.3, 0.4) is 0 Å². The van der Waals surface area contributed by atoms with Gasteiger partial charge >= 0.3 is 0 Å². The normalized spacial score (nSPS) is 16.1. The van der Waals surface area contributed by atoms with Crippen LogP contribution in [-0.4, -0.2) is 47.6 Å². The number of carbonyl (C=O) groups excluding carboxylic acids is 1. The van der Waals surface area contributed by atoms with Crippen molar-refractivity contribution in [3.8, 4) is 5.75 Å². The lowest BCUT2D eigenvalue weighted by atomic mass is 10.1. The average Bonchev–Trinajstić information content (AvgIpc) is 2.93. The molecule has 26 heavy (non-hydrogen) atoms. The number of ether oxygens (including phenoxy) is 1. The summed E-state index contributed by atoms with van der Waals surface area (Å²) in [6.45, 7) is 1.20. The summed E-state index contributed by atoms with van der Waals surface area (Å²) in [7, 11) is -0.996. The van der Waals surface area contributed by atoms with E-state index in [4.69, 9.17) is 4.74 Å². The first-order valence-corrected chi connectivity index (χ1v) is 10.6. The van der Waals surface area contributed by atoms with Crippen molar-refractivity contribution in [2.75, 3.05) is 27.2 Å². The summed E-state index contributed by atoms with van der Waals surface area (Å²) in [6, 6.07) is 4.91. The Hall–Kier alpha value is -1.64. The highest BCUT2D eigenvalue weighted by atomic mass is 32.2. The summed E-state index contributed by atoms with van der Waals surface area (Å²) in [6.07, 6.45) is 7.53. The molecule has 1 aliphatic rings. The van der Waals surface area contributed by atoms with E-state index in [1.54, 1.807) is 6.07 Å². The number of rotatable bonds is 8. The van der Waals surface area contributed by atoms with Gasteiger partial charge in [0.15, 0.2) is 0 Å². The molecule has 0 radical (unpaired) electrons. The fourth-order valence-corrected chi connectivity index (χ4v) is 4.09. The van der Waals surface area contributed by atoms with Crippen molar-refractivity contribution in [1.82, 2.24) is 15.4 Å². The van der Waals surface area contributed by atoms with Gasteiger partial charge in [0.05, 0.1) is 7.11 Å². The summed E-state index contributed by atoms with van der Waals surface area (Å²) < 4.78 is 31.5. The molecule has 0 bridgehead atoms. The molecule has 0 aliphatic heterocycles. The summed E-state index contributed by atoms with van der Waals surface area (Å²) in [4.78, 5) is 12.3. The summed E-state index contributed by atoms with van der Waals surface area (Å²) >= 11 is 0. The van der Waals surface area contributed by atoms with Gasteiger partial charge in [-0.05, 0) is 38.1 Å². The second-order valence-corrected chi connectivity index (χ2v) is 8.33. The first-order chi connectivity index (χ1) is 12.5. The van der Waals surface area contributed by atoms with Crippen LogP contribution in [0.25, 0.3) is 0 Å². The standard InChI is InChI=1S/C18H29N3O4S/c1-19-26(23,24)17-13-14(9-10-16(17)25-2)18(22)21-12-11-20-15-7-5-3-4-6-8-15/h9-10,13,15,19-20H,3-8,11-12H2,1-2H3,(H,21,22). The Labute approximate surface area is 155 Å². The number of nitrogens with one attached hydrogen (secondary N) is 3. The van der Waals surface area contributed by atoms with Gasteiger partial charge in [0.25, 0.3) is 5.91 Å². The van der Waals surface area contributed by atoms with Gasteiger partial charge in [-0.3, -0.25) is 4.79 Å². The van der Waals surface area contributed by atoms with E-state index in [1.807, 2.05) is 0 Å². The molecule has 1 aliphatic carbocycles. The monoisotopic (exact) mass is 383 g/mol. The zero-order valence-corrected chi connectivity index (χ0v) is 16.3. The minimum atomic E-state index is -3.71. The molecule has 7 nitrogen and oxygen atoms in total. The highest BCUT2D eigenvalue weighted by molar-refractivity contribution is 7.89. The molecule has 0 atom stereocenters. The third kappa shape index (κ3) is 5.69. The molecule has 1 aromatic carbocycles. The summed E-state index contributed by atoms with van der Waals surface area (Å²) in [5, 5.41) is 6.32. The maximum Gasteiger partial charge on any atom is 0.251 e. The number of methoxy groups -OCH3 is 1. The van der Waals surface area contributed by atoms with Gasteiger partial charge in [0, 0.05) is 24.7 Å². The molecule has 8 heteroatoms. The number of sulfonamides is 1. The number of hydrogen-bond donors (Lipinski definition) is 3. The van der Waals surface area contributed by atoms with Crippen molar-refractivity contribution >= 4 is 15.9 Å². The predicted molar refractivity (Wildman–Crippen MR) is 101 cm³/mol. The Morgan fingerprint density at radius 1 is 1.15 bits per heavy atom. The molecule has 1 fully saturated rings. The van der Waals surface area contributed by atoms with Crippen molar-refractivity contribution in [3.63, 3.8) is 0 Å². The maximum atomic E-state index is 12.3. The van der Waals surface area contributed by atoms with Crippen LogP contribution in [0.4, 0.5) is 0 Å². The molecular weight excluding hydrogens is 354 g/mol. The number of amides is 1. The molecule has 1 amide bonds. The first-order valence-electron chi connectivity index (χ1n) is 9.11. The maximum absolute atomic E-state index is 12.3. The lowest BCUT2D eigenvalue weighted by molar-refractivity contribution is 0.0953. The zero-order valence-electron chi connectivity index (χ0n) is 15.5. The van der Waals surface area contributed by atoms with Crippen molar-refractivity contribution in [2.24, 2.45) is 0 Å². The molecule has 2 rings (SSSR count). The van der Waals surface area contributed by atoms with E-state index in [9.17, 15) is 13.2 Å². The van der Waals surface area contributed by atoms with Crippen LogP contribution in [0, 0.1) is 0 Å². The SMILES string of the molecule is CNS(=O)(=O)c1cc(C(=O)NCCNC2CCCCCC2)ccc1OC. The fourth-order valence-electron chi connectivity index (χ4n) is 3.18. The average molecular weight is 384 g/mol. The second kappa shape index (κ2) is 9.89. The van der Waals surface area contributed by atoms with E-state index >= 15 is 0 Å². The largest absolute Gasteiger partial charge is 0.495 e. The van der Waals surface area contributed by atoms with Crippen LogP contribution < -0.4 is 20.1 Å². The first kappa shape index (κ1) is 20.7. The molecule has 3 N–H and O–H groups in total. The van der Waals surface area contributed by atoms with Gasteiger partial charge < -0.3 is 15.4 Å². The van der Waals surface area contributed by atoms with Gasteiger partial charge in [-0.1, -0.05) is 25.7 Å². The minimum absolute atomic E-state index is 0.0493. The molecule has 0 spiro atoms. The van der Waals surface area contributed by atoms with Crippen LogP contribution in [0.5, 0.6) is 5.75 Å². The number of hydrogen-bond acceptors (Lipinski definition) is 5. The topological polar surface area (TPSA) is 96.5 Å². The fraction of sp³-hybridized carbons (Fsp3) is 0.611. The number of carbonyl (C=O) groups is 1. The molecule has 0 heterocycles. The summed E-state index contributed by atoms with van der Waals surface area (Å²) in [5.41, 5.74) is 0.286. The van der Waals surface area contributed by atoms with Gasteiger partial charge in [0.2, 0.25) is 10.0 Å². The third-order valence-corrected chi connectivity index (χ3v) is 6.12. The smallest absolute Gasteiger partial charge is 0.251 e. The van der Waals surface area contributed by atoms with E-state index in [0.717, 1.165) is 0 Å². The highest BCUT2D eigenvalue weighted by Gasteiger charge is 2.20. The lowest BCUT2D eigenvalue weighted by Crippen LogP contribution is -2.37. The van der Waals surface area contributed by atoms with Gasteiger partial charge in [-0.15, -0.1) is 0 Å². The van der Waals surface area contributed by atoms with Gasteiger partial charge in [-0.25, -0.2) is 13.1 Å². The predicted octanol–water partition coefficient (Wildman–Crippen LogP) is 1.65. The Balaban J connectivity index is 1.91. The van der Waals surface area contributed by atoms with E-state index in [-0.39, 0.29) is 22.1 Å². The summed E-state index contributed by atoms with van der Waals surface area (Å²) in [5.74, 6) is -0.103. The zero-order chi connectivity index (χ0) is 19.0. The Morgan fingerprint density at radius 2 is 1.85 bits per heavy atom. The van der Waals surface area contributed by atoms with Crippen molar-refractivity contribution in [2.45, 2.75) is 49.5 Å². The van der Waals surface area contributed by atoms with Crippen molar-refractivity contribution in [3.05, 3.63) is 23.8 Å². The van der Waals surface area contributed by atoms with Crippen LogP contribution in [-0.2, 0) is 10.0 Å². The quantitative estimate of drug-likeness (QED) is 0.468. The molecule has 0 saturated heterocycles.